The van der Waals surface area contributed by atoms with Gasteiger partial charge in [0.25, 0.3) is 5.91 Å². The number of unbranched alkanes of at least 4 members (excludes halogenated alkanes) is 1. The van der Waals surface area contributed by atoms with Crippen molar-refractivity contribution in [2.24, 2.45) is 5.73 Å². The predicted molar refractivity (Wildman–Crippen MR) is 87.4 cm³/mol. The summed E-state index contributed by atoms with van der Waals surface area (Å²) < 4.78 is 0.825. The lowest BCUT2D eigenvalue weighted by atomic mass is 9.98. The molecular weight excluding hydrogens is 332 g/mol. The van der Waals surface area contributed by atoms with Crippen LogP contribution < -0.4 is 11.1 Å². The van der Waals surface area contributed by atoms with Crippen molar-refractivity contribution in [1.82, 2.24) is 5.32 Å². The zero-order valence-electron chi connectivity index (χ0n) is 11.8. The van der Waals surface area contributed by atoms with Crippen molar-refractivity contribution in [3.05, 3.63) is 45.9 Å². The second-order valence-corrected chi connectivity index (χ2v) is 5.65. The topological polar surface area (TPSA) is 72.2 Å². The summed E-state index contributed by atoms with van der Waals surface area (Å²) in [6.07, 6.45) is 1.93. The highest BCUT2D eigenvalue weighted by atomic mass is 79.9. The van der Waals surface area contributed by atoms with Gasteiger partial charge in [-0.15, -0.1) is 0 Å². The highest BCUT2D eigenvalue weighted by Gasteiger charge is 2.16. The molecule has 0 saturated carbocycles. The monoisotopic (exact) mass is 348 g/mol. The molecule has 0 saturated heterocycles. The smallest absolute Gasteiger partial charge is 0.251 e. The van der Waals surface area contributed by atoms with Gasteiger partial charge in [0.1, 0.15) is 0 Å². The molecule has 4 nitrogen and oxygen atoms in total. The number of fused-ring (bicyclic) bond motifs is 1. The van der Waals surface area contributed by atoms with Gasteiger partial charge >= 0.3 is 0 Å². The van der Waals surface area contributed by atoms with Gasteiger partial charge in [-0.25, -0.2) is 0 Å². The zero-order valence-corrected chi connectivity index (χ0v) is 13.4. The number of amides is 2. The van der Waals surface area contributed by atoms with Crippen molar-refractivity contribution < 1.29 is 9.59 Å². The molecule has 0 spiro atoms. The van der Waals surface area contributed by atoms with E-state index in [2.05, 4.69) is 28.2 Å². The number of nitrogens with two attached hydrogens (primary N) is 1. The van der Waals surface area contributed by atoms with E-state index in [9.17, 15) is 9.59 Å². The third-order valence-corrected chi connectivity index (χ3v) is 4.00. The molecule has 3 N–H and O–H groups in total. The first-order valence-electron chi connectivity index (χ1n) is 6.85. The molecule has 21 heavy (non-hydrogen) atoms. The molecule has 0 aliphatic heterocycles. The van der Waals surface area contributed by atoms with Crippen molar-refractivity contribution >= 4 is 38.5 Å². The molecule has 2 aromatic rings. The van der Waals surface area contributed by atoms with E-state index in [1.807, 2.05) is 12.1 Å². The van der Waals surface area contributed by atoms with E-state index in [1.165, 1.54) is 0 Å². The van der Waals surface area contributed by atoms with Gasteiger partial charge in [0, 0.05) is 27.5 Å². The standard InChI is InChI=1S/C16H17BrN2O2/c1-2-3-9-19-16(21)12-7-8-13(17)10-5-4-6-11(14(10)12)15(18)20/h4-8H,2-3,9H2,1H3,(H2,18,20)(H,19,21). The average molecular weight is 349 g/mol. The fourth-order valence-corrected chi connectivity index (χ4v) is 2.70. The van der Waals surface area contributed by atoms with E-state index in [0.717, 1.165) is 22.7 Å². The Balaban J connectivity index is 2.56. The molecule has 5 heteroatoms. The van der Waals surface area contributed by atoms with Crippen LogP contribution in [0.15, 0.2) is 34.8 Å². The van der Waals surface area contributed by atoms with Crippen LogP contribution in [0.1, 0.15) is 40.5 Å². The van der Waals surface area contributed by atoms with Crippen molar-refractivity contribution in [1.29, 1.82) is 0 Å². The van der Waals surface area contributed by atoms with Crippen LogP contribution in [0.4, 0.5) is 0 Å². The number of nitrogens with one attached hydrogen (secondary N) is 1. The van der Waals surface area contributed by atoms with Gasteiger partial charge in [0.2, 0.25) is 5.91 Å². The van der Waals surface area contributed by atoms with Gasteiger partial charge in [-0.05, 0) is 30.0 Å². The first-order valence-corrected chi connectivity index (χ1v) is 7.64. The number of hydrogen-bond donors (Lipinski definition) is 2. The highest BCUT2D eigenvalue weighted by Crippen LogP contribution is 2.29. The Morgan fingerprint density at radius 3 is 2.62 bits per heavy atom. The maximum absolute atomic E-state index is 12.3. The van der Waals surface area contributed by atoms with E-state index in [0.29, 0.717) is 23.1 Å². The first kappa shape index (κ1) is 15.5. The van der Waals surface area contributed by atoms with E-state index in [1.54, 1.807) is 18.2 Å². The van der Waals surface area contributed by atoms with Crippen LogP contribution in [0, 0.1) is 0 Å². The minimum Gasteiger partial charge on any atom is -0.366 e. The molecule has 0 aliphatic carbocycles. The van der Waals surface area contributed by atoms with E-state index in [4.69, 9.17) is 5.73 Å². The van der Waals surface area contributed by atoms with Crippen molar-refractivity contribution in [2.75, 3.05) is 6.54 Å². The SMILES string of the molecule is CCCCNC(=O)c1ccc(Br)c2cccc(C(N)=O)c12. The summed E-state index contributed by atoms with van der Waals surface area (Å²) in [5, 5.41) is 4.26. The zero-order chi connectivity index (χ0) is 15.4. The average Bonchev–Trinajstić information content (AvgIpc) is 2.47. The van der Waals surface area contributed by atoms with Gasteiger partial charge in [0.05, 0.1) is 0 Å². The molecule has 0 radical (unpaired) electrons. The van der Waals surface area contributed by atoms with Crippen molar-refractivity contribution in [3.63, 3.8) is 0 Å². The van der Waals surface area contributed by atoms with Gasteiger partial charge in [-0.3, -0.25) is 9.59 Å². The third kappa shape index (κ3) is 3.24. The maximum Gasteiger partial charge on any atom is 0.251 e. The second-order valence-electron chi connectivity index (χ2n) is 4.80. The molecule has 0 bridgehead atoms. The molecule has 2 aromatic carbocycles. The van der Waals surface area contributed by atoms with Gasteiger partial charge < -0.3 is 11.1 Å². The summed E-state index contributed by atoms with van der Waals surface area (Å²) in [5.41, 5.74) is 6.26. The normalized spacial score (nSPS) is 10.6. The molecule has 110 valence electrons. The van der Waals surface area contributed by atoms with Crippen LogP contribution in [-0.2, 0) is 0 Å². The Morgan fingerprint density at radius 2 is 1.95 bits per heavy atom. The fraction of sp³-hybridized carbons (Fsp3) is 0.250. The fourth-order valence-electron chi connectivity index (χ4n) is 2.24. The summed E-state index contributed by atoms with van der Waals surface area (Å²) in [7, 11) is 0. The van der Waals surface area contributed by atoms with Crippen molar-refractivity contribution in [3.8, 4) is 0 Å². The van der Waals surface area contributed by atoms with E-state index in [-0.39, 0.29) is 5.91 Å². The van der Waals surface area contributed by atoms with Crippen LogP contribution in [0.5, 0.6) is 0 Å². The summed E-state index contributed by atoms with van der Waals surface area (Å²) in [5.74, 6) is -0.726. The van der Waals surface area contributed by atoms with Gasteiger partial charge in [-0.2, -0.15) is 0 Å². The number of hydrogen-bond acceptors (Lipinski definition) is 2. The number of carbonyl (C=O) groups is 2. The van der Waals surface area contributed by atoms with Gasteiger partial charge in [0.15, 0.2) is 0 Å². The predicted octanol–water partition coefficient (Wildman–Crippen LogP) is 3.23. The molecule has 0 heterocycles. The van der Waals surface area contributed by atoms with E-state index >= 15 is 0 Å². The molecule has 0 atom stereocenters. The molecule has 2 amide bonds. The lowest BCUT2D eigenvalue weighted by molar-refractivity contribution is 0.0954. The summed E-state index contributed by atoms with van der Waals surface area (Å²) in [4.78, 5) is 24.0. The Hall–Kier alpha value is -1.88. The third-order valence-electron chi connectivity index (χ3n) is 3.31. The summed E-state index contributed by atoms with van der Waals surface area (Å²) in [6.45, 7) is 2.68. The summed E-state index contributed by atoms with van der Waals surface area (Å²) in [6, 6.07) is 8.77. The largest absolute Gasteiger partial charge is 0.366 e. The van der Waals surface area contributed by atoms with Crippen LogP contribution in [0.25, 0.3) is 10.8 Å². The Morgan fingerprint density at radius 1 is 1.19 bits per heavy atom. The number of halogens is 1. The summed E-state index contributed by atoms with van der Waals surface area (Å²) >= 11 is 3.44. The molecule has 2 rings (SSSR count). The highest BCUT2D eigenvalue weighted by molar-refractivity contribution is 9.10. The Labute approximate surface area is 131 Å². The quantitative estimate of drug-likeness (QED) is 0.814. The molecule has 0 aliphatic rings. The van der Waals surface area contributed by atoms with E-state index < -0.39 is 5.91 Å². The van der Waals surface area contributed by atoms with Crippen LogP contribution in [0.2, 0.25) is 0 Å². The lowest BCUT2D eigenvalue weighted by Crippen LogP contribution is -2.25. The van der Waals surface area contributed by atoms with Crippen LogP contribution >= 0.6 is 15.9 Å². The number of primary amides is 1. The molecule has 0 unspecified atom stereocenters. The number of benzene rings is 2. The first-order chi connectivity index (χ1) is 10.1. The number of rotatable bonds is 5. The molecule has 0 fully saturated rings. The Bertz CT molecular complexity index is 698. The van der Waals surface area contributed by atoms with Crippen LogP contribution in [-0.4, -0.2) is 18.4 Å². The Kier molecular flexibility index (Phi) is 4.96. The van der Waals surface area contributed by atoms with Gasteiger partial charge in [-0.1, -0.05) is 41.4 Å². The lowest BCUT2D eigenvalue weighted by Gasteiger charge is -2.11. The minimum atomic E-state index is -0.540. The van der Waals surface area contributed by atoms with Crippen molar-refractivity contribution in [2.45, 2.75) is 19.8 Å². The second kappa shape index (κ2) is 6.72. The molecular formula is C16H17BrN2O2. The maximum atomic E-state index is 12.3. The number of carbonyl (C=O) groups excluding carboxylic acids is 2. The van der Waals surface area contributed by atoms with Crippen LogP contribution in [0.3, 0.4) is 0 Å². The minimum absolute atomic E-state index is 0.186. The molecule has 0 aromatic heterocycles.